The van der Waals surface area contributed by atoms with Gasteiger partial charge in [0, 0.05) is 43.3 Å². The van der Waals surface area contributed by atoms with E-state index < -0.39 is 0 Å². The van der Waals surface area contributed by atoms with Crippen molar-refractivity contribution >= 4 is 22.8 Å². The molecule has 0 atom stereocenters. The second kappa shape index (κ2) is 6.90. The normalized spacial score (nSPS) is 15.5. The maximum atomic E-state index is 8.79. The number of pyridine rings is 1. The van der Waals surface area contributed by atoms with Gasteiger partial charge in [0.15, 0.2) is 0 Å². The van der Waals surface area contributed by atoms with Gasteiger partial charge in [-0.1, -0.05) is 30.4 Å². The minimum atomic E-state index is 0.201. The number of aromatic nitrogens is 3. The molecule has 0 radical (unpaired) electrons. The molecule has 1 aromatic carbocycles. The van der Waals surface area contributed by atoms with Gasteiger partial charge in [0.25, 0.3) is 0 Å². The van der Waals surface area contributed by atoms with Gasteiger partial charge in [0.2, 0.25) is 0 Å². The van der Waals surface area contributed by atoms with Gasteiger partial charge in [0.1, 0.15) is 5.82 Å². The van der Waals surface area contributed by atoms with Crippen LogP contribution in [0.5, 0.6) is 0 Å². The molecule has 3 N–H and O–H groups in total. The molecule has 2 aromatic heterocycles. The van der Waals surface area contributed by atoms with E-state index >= 15 is 0 Å². The van der Waals surface area contributed by atoms with Gasteiger partial charge in [-0.25, -0.2) is 9.97 Å². The lowest BCUT2D eigenvalue weighted by atomic mass is 9.91. The standard InChI is InChI=1S/C22H20N6/c23-21(17-12-25-13-17)20-19(28-11-10-24-14-28)8-9-26-22(20)27-18-6-4-16(5-7-18)15-2-1-3-15/h1-11,14,17,23,25H,12-13H2,(H,26,27). The van der Waals surface area contributed by atoms with E-state index in [-0.39, 0.29) is 5.92 Å². The molecule has 2 aliphatic rings. The highest BCUT2D eigenvalue weighted by molar-refractivity contribution is 6.08. The quantitative estimate of drug-likeness (QED) is 0.582. The van der Waals surface area contributed by atoms with Gasteiger partial charge in [-0.05, 0) is 29.3 Å². The topological polar surface area (TPSA) is 78.6 Å². The van der Waals surface area contributed by atoms with Crippen molar-refractivity contribution in [3.8, 4) is 5.69 Å². The summed E-state index contributed by atoms with van der Waals surface area (Å²) >= 11 is 0. The highest BCUT2D eigenvalue weighted by atomic mass is 15.1. The fourth-order valence-corrected chi connectivity index (χ4v) is 3.39. The zero-order valence-corrected chi connectivity index (χ0v) is 15.3. The van der Waals surface area contributed by atoms with Gasteiger partial charge in [-0.2, -0.15) is 0 Å². The molecule has 5 rings (SSSR count). The summed E-state index contributed by atoms with van der Waals surface area (Å²) in [4.78, 5) is 8.72. The van der Waals surface area contributed by atoms with E-state index in [0.717, 1.165) is 30.0 Å². The highest BCUT2D eigenvalue weighted by Gasteiger charge is 2.27. The van der Waals surface area contributed by atoms with Crippen LogP contribution in [0.4, 0.5) is 11.5 Å². The number of rotatable bonds is 6. The molecular weight excluding hydrogens is 348 g/mol. The molecule has 1 fully saturated rings. The monoisotopic (exact) mass is 368 g/mol. The molecule has 1 saturated heterocycles. The molecule has 6 nitrogen and oxygen atoms in total. The van der Waals surface area contributed by atoms with Crippen LogP contribution in [-0.4, -0.2) is 33.3 Å². The first-order valence-electron chi connectivity index (χ1n) is 9.32. The molecule has 0 bridgehead atoms. The van der Waals surface area contributed by atoms with Crippen LogP contribution in [0.1, 0.15) is 11.1 Å². The molecule has 1 aliphatic heterocycles. The van der Waals surface area contributed by atoms with E-state index in [1.807, 2.05) is 35.0 Å². The summed E-state index contributed by atoms with van der Waals surface area (Å²) in [6, 6.07) is 10.2. The number of hydrogen-bond acceptors (Lipinski definition) is 5. The second-order valence-corrected chi connectivity index (χ2v) is 6.98. The molecule has 6 heteroatoms. The van der Waals surface area contributed by atoms with Crippen LogP contribution >= 0.6 is 0 Å². The Morgan fingerprint density at radius 1 is 1.14 bits per heavy atom. The SMILES string of the molecule is N=C(c1c(-n2ccnc2)ccnc1Nc1ccc(C2=CC=C2)cc1)C1CNC1. The number of imidazole rings is 1. The maximum absolute atomic E-state index is 8.79. The third kappa shape index (κ3) is 2.93. The highest BCUT2D eigenvalue weighted by Crippen LogP contribution is 2.29. The first kappa shape index (κ1) is 16.6. The summed E-state index contributed by atoms with van der Waals surface area (Å²) in [6.07, 6.45) is 13.4. The van der Waals surface area contributed by atoms with Crippen molar-refractivity contribution in [2.24, 2.45) is 5.92 Å². The van der Waals surface area contributed by atoms with Gasteiger partial charge >= 0.3 is 0 Å². The molecule has 0 unspecified atom stereocenters. The van der Waals surface area contributed by atoms with Gasteiger partial charge < -0.3 is 20.6 Å². The van der Waals surface area contributed by atoms with Crippen molar-refractivity contribution < 1.29 is 0 Å². The second-order valence-electron chi connectivity index (χ2n) is 6.98. The van der Waals surface area contributed by atoms with Crippen molar-refractivity contribution in [1.82, 2.24) is 19.9 Å². The van der Waals surface area contributed by atoms with E-state index in [0.29, 0.717) is 11.5 Å². The van der Waals surface area contributed by atoms with Crippen LogP contribution in [0.25, 0.3) is 11.3 Å². The maximum Gasteiger partial charge on any atom is 0.141 e. The van der Waals surface area contributed by atoms with E-state index in [1.54, 1.807) is 18.7 Å². The lowest BCUT2D eigenvalue weighted by molar-refractivity contribution is 0.442. The number of nitrogens with one attached hydrogen (secondary N) is 3. The van der Waals surface area contributed by atoms with Crippen LogP contribution in [0.15, 0.2) is 73.5 Å². The van der Waals surface area contributed by atoms with Crippen LogP contribution in [0, 0.1) is 11.3 Å². The van der Waals surface area contributed by atoms with Crippen LogP contribution in [0.3, 0.4) is 0 Å². The Labute approximate surface area is 163 Å². The molecule has 138 valence electrons. The Morgan fingerprint density at radius 2 is 1.96 bits per heavy atom. The summed E-state index contributed by atoms with van der Waals surface area (Å²) < 4.78 is 1.93. The third-order valence-corrected chi connectivity index (χ3v) is 5.20. The fraction of sp³-hybridized carbons (Fsp3) is 0.136. The van der Waals surface area contributed by atoms with Gasteiger partial charge in [0.05, 0.1) is 23.3 Å². The van der Waals surface area contributed by atoms with E-state index in [1.165, 1.54) is 11.1 Å². The molecule has 0 spiro atoms. The van der Waals surface area contributed by atoms with Crippen molar-refractivity contribution in [1.29, 1.82) is 5.41 Å². The van der Waals surface area contributed by atoms with Gasteiger partial charge in [-0.3, -0.25) is 0 Å². The summed E-state index contributed by atoms with van der Waals surface area (Å²) in [6.45, 7) is 1.65. The Bertz CT molecular complexity index is 1070. The zero-order chi connectivity index (χ0) is 18.9. The summed E-state index contributed by atoms with van der Waals surface area (Å²) in [7, 11) is 0. The zero-order valence-electron chi connectivity index (χ0n) is 15.3. The summed E-state index contributed by atoms with van der Waals surface area (Å²) in [5.74, 6) is 0.894. The molecular formula is C22H20N6. The largest absolute Gasteiger partial charge is 0.340 e. The van der Waals surface area contributed by atoms with Crippen LogP contribution in [0.2, 0.25) is 0 Å². The predicted octanol–water partition coefficient (Wildman–Crippen LogP) is 3.55. The Balaban J connectivity index is 1.51. The summed E-state index contributed by atoms with van der Waals surface area (Å²) in [5, 5.41) is 15.5. The third-order valence-electron chi connectivity index (χ3n) is 5.20. The van der Waals surface area contributed by atoms with E-state index in [4.69, 9.17) is 5.41 Å². The number of nitrogens with zero attached hydrogens (tertiary/aromatic N) is 3. The number of hydrogen-bond donors (Lipinski definition) is 3. The van der Waals surface area contributed by atoms with Gasteiger partial charge in [-0.15, -0.1) is 0 Å². The molecule has 1 aliphatic carbocycles. The Morgan fingerprint density at radius 3 is 2.57 bits per heavy atom. The lowest BCUT2D eigenvalue weighted by Crippen LogP contribution is -2.46. The molecule has 3 aromatic rings. The molecule has 28 heavy (non-hydrogen) atoms. The summed E-state index contributed by atoms with van der Waals surface area (Å²) in [5.41, 5.74) is 5.71. The lowest BCUT2D eigenvalue weighted by Gasteiger charge is -2.29. The minimum absolute atomic E-state index is 0.201. The Kier molecular flexibility index (Phi) is 4.10. The first-order chi connectivity index (χ1) is 13.8. The van der Waals surface area contributed by atoms with Crippen molar-refractivity contribution in [2.45, 2.75) is 0 Å². The van der Waals surface area contributed by atoms with Crippen LogP contribution in [-0.2, 0) is 0 Å². The van der Waals surface area contributed by atoms with E-state index in [2.05, 4.69) is 44.9 Å². The van der Waals surface area contributed by atoms with Crippen LogP contribution < -0.4 is 10.6 Å². The first-order valence-corrected chi connectivity index (χ1v) is 9.32. The van der Waals surface area contributed by atoms with Crippen molar-refractivity contribution in [3.63, 3.8) is 0 Å². The molecule has 0 amide bonds. The number of benzene rings is 1. The van der Waals surface area contributed by atoms with Crippen molar-refractivity contribution in [3.05, 3.63) is 84.6 Å². The average Bonchev–Trinajstić information content (AvgIpc) is 3.14. The number of allylic oxidation sites excluding steroid dienone is 4. The average molecular weight is 368 g/mol. The predicted molar refractivity (Wildman–Crippen MR) is 111 cm³/mol. The molecule has 3 heterocycles. The molecule has 0 saturated carbocycles. The van der Waals surface area contributed by atoms with Crippen molar-refractivity contribution in [2.75, 3.05) is 18.4 Å². The minimum Gasteiger partial charge on any atom is -0.340 e. The fourth-order valence-electron chi connectivity index (χ4n) is 3.39. The number of anilines is 2. The van der Waals surface area contributed by atoms with E-state index in [9.17, 15) is 0 Å². The Hall–Kier alpha value is -3.51. The smallest absolute Gasteiger partial charge is 0.141 e.